The van der Waals surface area contributed by atoms with E-state index in [0.717, 1.165) is 5.56 Å². The van der Waals surface area contributed by atoms with Gasteiger partial charge in [0.15, 0.2) is 0 Å². The summed E-state index contributed by atoms with van der Waals surface area (Å²) < 4.78 is 0. The number of carbonyl (C=O) groups excluding carboxylic acids is 2. The maximum Gasteiger partial charge on any atom is 0.286 e. The molecule has 0 spiro atoms. The highest BCUT2D eigenvalue weighted by Gasteiger charge is 2.09. The van der Waals surface area contributed by atoms with E-state index < -0.39 is 5.91 Å². The Morgan fingerprint density at radius 1 is 1.36 bits per heavy atom. The minimum atomic E-state index is -0.462. The topological polar surface area (TPSA) is 37.4 Å². The molecule has 1 amide bonds. The van der Waals surface area contributed by atoms with Crippen molar-refractivity contribution in [3.8, 4) is 0 Å². The predicted molar refractivity (Wildman–Crippen MR) is 53.6 cm³/mol. The predicted octanol–water partition coefficient (Wildman–Crippen LogP) is 1.23. The van der Waals surface area contributed by atoms with Gasteiger partial charge in [0, 0.05) is 13.1 Å². The van der Waals surface area contributed by atoms with Gasteiger partial charge >= 0.3 is 0 Å². The molecule has 0 N–H and O–H groups in total. The quantitative estimate of drug-likeness (QED) is 0.530. The Morgan fingerprint density at radius 3 is 2.50 bits per heavy atom. The van der Waals surface area contributed by atoms with Crippen LogP contribution < -0.4 is 0 Å². The molecule has 74 valence electrons. The summed E-state index contributed by atoms with van der Waals surface area (Å²) in [5, 5.41) is 0. The molecule has 1 rings (SSSR count). The second-order valence-electron chi connectivity index (χ2n) is 2.96. The SMILES string of the molecule is CCN(Cc1ccccc1)C(=O)C=O. The van der Waals surface area contributed by atoms with Crippen LogP contribution in [0.4, 0.5) is 0 Å². The lowest BCUT2D eigenvalue weighted by Gasteiger charge is -2.17. The third-order valence-electron chi connectivity index (χ3n) is 2.01. The van der Waals surface area contributed by atoms with Crippen molar-refractivity contribution in [3.05, 3.63) is 35.9 Å². The van der Waals surface area contributed by atoms with Crippen LogP contribution in [0, 0.1) is 0 Å². The highest BCUT2D eigenvalue weighted by Crippen LogP contribution is 2.03. The van der Waals surface area contributed by atoms with E-state index >= 15 is 0 Å². The van der Waals surface area contributed by atoms with E-state index in [1.54, 1.807) is 0 Å². The average Bonchev–Trinajstić information content (AvgIpc) is 2.26. The van der Waals surface area contributed by atoms with Gasteiger partial charge in [0.1, 0.15) is 0 Å². The molecule has 0 aliphatic heterocycles. The van der Waals surface area contributed by atoms with Gasteiger partial charge in [0.2, 0.25) is 6.29 Å². The van der Waals surface area contributed by atoms with Crippen molar-refractivity contribution in [2.24, 2.45) is 0 Å². The zero-order valence-electron chi connectivity index (χ0n) is 8.14. The lowest BCUT2D eigenvalue weighted by Crippen LogP contribution is -2.30. The Hall–Kier alpha value is -1.64. The normalized spacial score (nSPS) is 9.50. The van der Waals surface area contributed by atoms with Gasteiger partial charge in [-0.05, 0) is 12.5 Å². The van der Waals surface area contributed by atoms with Crippen molar-refractivity contribution in [3.63, 3.8) is 0 Å². The third kappa shape index (κ3) is 2.69. The van der Waals surface area contributed by atoms with Crippen molar-refractivity contribution < 1.29 is 9.59 Å². The van der Waals surface area contributed by atoms with Gasteiger partial charge in [-0.15, -0.1) is 0 Å². The molecular weight excluding hydrogens is 178 g/mol. The Bertz CT molecular complexity index is 308. The van der Waals surface area contributed by atoms with Gasteiger partial charge in [0.25, 0.3) is 5.91 Å². The molecule has 0 saturated carbocycles. The Labute approximate surface area is 83.3 Å². The summed E-state index contributed by atoms with van der Waals surface area (Å²) in [4.78, 5) is 22.9. The van der Waals surface area contributed by atoms with E-state index in [9.17, 15) is 9.59 Å². The number of carbonyl (C=O) groups is 2. The molecule has 3 heteroatoms. The first kappa shape index (κ1) is 10.4. The zero-order chi connectivity index (χ0) is 10.4. The Balaban J connectivity index is 2.66. The summed E-state index contributed by atoms with van der Waals surface area (Å²) in [5.41, 5.74) is 1.03. The molecule has 0 saturated heterocycles. The fourth-order valence-corrected chi connectivity index (χ4v) is 1.22. The zero-order valence-corrected chi connectivity index (χ0v) is 8.14. The molecular formula is C11H13NO2. The monoisotopic (exact) mass is 191 g/mol. The third-order valence-corrected chi connectivity index (χ3v) is 2.01. The maximum absolute atomic E-state index is 11.1. The van der Waals surface area contributed by atoms with E-state index in [0.29, 0.717) is 19.4 Å². The van der Waals surface area contributed by atoms with Gasteiger partial charge < -0.3 is 4.90 Å². The maximum atomic E-state index is 11.1. The number of hydrogen-bond acceptors (Lipinski definition) is 2. The molecule has 0 bridgehead atoms. The van der Waals surface area contributed by atoms with E-state index in [2.05, 4.69) is 0 Å². The summed E-state index contributed by atoms with van der Waals surface area (Å²) >= 11 is 0. The van der Waals surface area contributed by atoms with E-state index in [-0.39, 0.29) is 0 Å². The van der Waals surface area contributed by atoms with Crippen LogP contribution in [0.15, 0.2) is 30.3 Å². The van der Waals surface area contributed by atoms with E-state index in [1.807, 2.05) is 37.3 Å². The highest BCUT2D eigenvalue weighted by molar-refractivity contribution is 6.23. The minimum absolute atomic E-state index is 0.354. The molecule has 0 unspecified atom stereocenters. The number of benzene rings is 1. The van der Waals surface area contributed by atoms with Gasteiger partial charge in [-0.25, -0.2) is 0 Å². The molecule has 0 heterocycles. The fraction of sp³-hybridized carbons (Fsp3) is 0.273. The van der Waals surface area contributed by atoms with E-state index in [1.165, 1.54) is 4.90 Å². The second-order valence-corrected chi connectivity index (χ2v) is 2.96. The molecule has 1 aromatic rings. The number of nitrogens with zero attached hydrogens (tertiary/aromatic N) is 1. The average molecular weight is 191 g/mol. The summed E-state index contributed by atoms with van der Waals surface area (Å²) in [6.07, 6.45) is 0.354. The van der Waals surface area contributed by atoms with Crippen LogP contribution in [0.2, 0.25) is 0 Å². The minimum Gasteiger partial charge on any atom is -0.332 e. The largest absolute Gasteiger partial charge is 0.332 e. The second kappa shape index (κ2) is 5.17. The molecule has 3 nitrogen and oxygen atoms in total. The molecule has 0 aliphatic rings. The van der Waals surface area contributed by atoms with E-state index in [4.69, 9.17) is 0 Å². The van der Waals surface area contributed by atoms with Crippen LogP contribution in [0.1, 0.15) is 12.5 Å². The van der Waals surface area contributed by atoms with Crippen LogP contribution >= 0.6 is 0 Å². The molecule has 0 aliphatic carbocycles. The number of amides is 1. The molecule has 0 aromatic heterocycles. The fourth-order valence-electron chi connectivity index (χ4n) is 1.22. The van der Waals surface area contributed by atoms with Crippen molar-refractivity contribution in [2.75, 3.05) is 6.54 Å². The lowest BCUT2D eigenvalue weighted by atomic mass is 10.2. The van der Waals surface area contributed by atoms with Gasteiger partial charge in [-0.1, -0.05) is 30.3 Å². The Kier molecular flexibility index (Phi) is 3.85. The van der Waals surface area contributed by atoms with Crippen LogP contribution in [0.3, 0.4) is 0 Å². The molecule has 0 atom stereocenters. The number of likely N-dealkylation sites (N-methyl/N-ethyl adjacent to an activating group) is 1. The highest BCUT2D eigenvalue weighted by atomic mass is 16.2. The summed E-state index contributed by atoms with van der Waals surface area (Å²) in [7, 11) is 0. The smallest absolute Gasteiger partial charge is 0.286 e. The van der Waals surface area contributed by atoms with Gasteiger partial charge in [-0.3, -0.25) is 9.59 Å². The molecule has 0 radical (unpaired) electrons. The van der Waals surface area contributed by atoms with Crippen LogP contribution in [-0.2, 0) is 16.1 Å². The van der Waals surface area contributed by atoms with Gasteiger partial charge in [0.05, 0.1) is 0 Å². The lowest BCUT2D eigenvalue weighted by molar-refractivity contribution is -0.139. The number of rotatable bonds is 4. The van der Waals surface area contributed by atoms with Crippen molar-refractivity contribution in [2.45, 2.75) is 13.5 Å². The summed E-state index contributed by atoms with van der Waals surface area (Å²) in [6, 6.07) is 9.60. The van der Waals surface area contributed by atoms with Crippen LogP contribution in [0.25, 0.3) is 0 Å². The molecule has 1 aromatic carbocycles. The van der Waals surface area contributed by atoms with Crippen molar-refractivity contribution in [1.82, 2.24) is 4.90 Å². The van der Waals surface area contributed by atoms with Crippen LogP contribution in [0.5, 0.6) is 0 Å². The number of aldehydes is 1. The number of hydrogen-bond donors (Lipinski definition) is 0. The summed E-state index contributed by atoms with van der Waals surface area (Å²) in [5.74, 6) is -0.462. The molecule has 14 heavy (non-hydrogen) atoms. The van der Waals surface area contributed by atoms with Gasteiger partial charge in [-0.2, -0.15) is 0 Å². The molecule has 0 fully saturated rings. The first-order chi connectivity index (χ1) is 6.77. The Morgan fingerprint density at radius 2 is 2.00 bits per heavy atom. The van der Waals surface area contributed by atoms with Crippen molar-refractivity contribution in [1.29, 1.82) is 0 Å². The van der Waals surface area contributed by atoms with Crippen LogP contribution in [-0.4, -0.2) is 23.6 Å². The first-order valence-electron chi connectivity index (χ1n) is 4.56. The van der Waals surface area contributed by atoms with Crippen molar-refractivity contribution >= 4 is 12.2 Å². The first-order valence-corrected chi connectivity index (χ1v) is 4.56. The standard InChI is InChI=1S/C11H13NO2/c1-2-12(11(14)9-13)8-10-6-4-3-5-7-10/h3-7,9H,2,8H2,1H3. The summed E-state index contributed by atoms with van der Waals surface area (Å²) in [6.45, 7) is 2.89.